The molecule has 0 aliphatic carbocycles. The van der Waals surface area contributed by atoms with Gasteiger partial charge in [-0.1, -0.05) is 54.6 Å². The maximum atomic E-state index is 13.2. The third-order valence-electron chi connectivity index (χ3n) is 6.97. The standard InChI is InChI=1S/C28H23N5O4/c1-37-22-11-8-20-15-33(25(34)23(20)14-22)16-28(26(35)30-27(36)31-28)21-9-6-18(7-10-21)17-2-4-19(5-3-17)24-12-13-29-32-24/h2-14H,15-16H2,1H3,(H,29,32)(H2,30,31,35,36)/t28-/m0/s1. The van der Waals surface area contributed by atoms with Gasteiger partial charge in [-0.2, -0.15) is 5.10 Å². The summed E-state index contributed by atoms with van der Waals surface area (Å²) in [5.74, 6) is -0.115. The lowest BCUT2D eigenvalue weighted by atomic mass is 9.88. The second-order valence-corrected chi connectivity index (χ2v) is 9.12. The third-order valence-corrected chi connectivity index (χ3v) is 6.97. The number of imide groups is 1. The van der Waals surface area contributed by atoms with Crippen LogP contribution in [-0.4, -0.2) is 46.6 Å². The fraction of sp³-hybridized carbons (Fsp3) is 0.143. The molecule has 0 saturated carbocycles. The lowest BCUT2D eigenvalue weighted by molar-refractivity contribution is -0.124. The Morgan fingerprint density at radius 1 is 0.919 bits per heavy atom. The molecule has 37 heavy (non-hydrogen) atoms. The minimum Gasteiger partial charge on any atom is -0.497 e. The Labute approximate surface area is 212 Å². The predicted molar refractivity (Wildman–Crippen MR) is 136 cm³/mol. The summed E-state index contributed by atoms with van der Waals surface area (Å²) in [5.41, 5.74) is 4.49. The van der Waals surface area contributed by atoms with E-state index in [1.807, 2.05) is 60.7 Å². The molecule has 0 unspecified atom stereocenters. The quantitative estimate of drug-likeness (QED) is 0.356. The minimum absolute atomic E-state index is 0.00136. The first-order valence-electron chi connectivity index (χ1n) is 11.8. The maximum absolute atomic E-state index is 13.2. The molecule has 9 heteroatoms. The van der Waals surface area contributed by atoms with Crippen molar-refractivity contribution >= 4 is 17.8 Å². The van der Waals surface area contributed by atoms with Gasteiger partial charge in [0, 0.05) is 18.3 Å². The molecule has 1 saturated heterocycles. The lowest BCUT2D eigenvalue weighted by Gasteiger charge is -2.31. The van der Waals surface area contributed by atoms with Crippen LogP contribution in [-0.2, 0) is 16.9 Å². The van der Waals surface area contributed by atoms with Crippen molar-refractivity contribution in [2.45, 2.75) is 12.1 Å². The number of aromatic amines is 1. The topological polar surface area (TPSA) is 116 Å². The van der Waals surface area contributed by atoms with Gasteiger partial charge in [0.25, 0.3) is 11.8 Å². The summed E-state index contributed by atoms with van der Waals surface area (Å²) >= 11 is 0. The molecule has 0 spiro atoms. The van der Waals surface area contributed by atoms with Crippen molar-refractivity contribution in [3.05, 3.63) is 95.7 Å². The van der Waals surface area contributed by atoms with Crippen molar-refractivity contribution in [1.82, 2.24) is 25.7 Å². The van der Waals surface area contributed by atoms with E-state index in [1.165, 1.54) is 0 Å². The fourth-order valence-corrected chi connectivity index (χ4v) is 4.98. The van der Waals surface area contributed by atoms with Gasteiger partial charge in [0.2, 0.25) is 0 Å². The summed E-state index contributed by atoms with van der Waals surface area (Å²) in [4.78, 5) is 40.1. The van der Waals surface area contributed by atoms with Crippen LogP contribution in [0.25, 0.3) is 22.4 Å². The Morgan fingerprint density at radius 3 is 2.24 bits per heavy atom. The van der Waals surface area contributed by atoms with Gasteiger partial charge in [0.15, 0.2) is 5.54 Å². The van der Waals surface area contributed by atoms with Crippen molar-refractivity contribution in [3.8, 4) is 28.1 Å². The monoisotopic (exact) mass is 493 g/mol. The number of carbonyl (C=O) groups is 3. The molecular weight excluding hydrogens is 470 g/mol. The lowest BCUT2D eigenvalue weighted by Crippen LogP contribution is -2.52. The van der Waals surface area contributed by atoms with Crippen LogP contribution in [0.4, 0.5) is 4.79 Å². The van der Waals surface area contributed by atoms with E-state index >= 15 is 0 Å². The van der Waals surface area contributed by atoms with Crippen LogP contribution in [0, 0.1) is 0 Å². The van der Waals surface area contributed by atoms with E-state index in [-0.39, 0.29) is 12.5 Å². The van der Waals surface area contributed by atoms with Gasteiger partial charge in [-0.3, -0.25) is 20.0 Å². The summed E-state index contributed by atoms with van der Waals surface area (Å²) in [5, 5.41) is 12.1. The number of nitrogens with zero attached hydrogens (tertiary/aromatic N) is 2. The number of methoxy groups -OCH3 is 1. The summed E-state index contributed by atoms with van der Waals surface area (Å²) in [7, 11) is 1.55. The van der Waals surface area contributed by atoms with Crippen LogP contribution >= 0.6 is 0 Å². The zero-order valence-corrected chi connectivity index (χ0v) is 19.9. The highest BCUT2D eigenvalue weighted by Crippen LogP contribution is 2.33. The smallest absolute Gasteiger partial charge is 0.322 e. The normalized spacial score (nSPS) is 18.5. The highest BCUT2D eigenvalue weighted by atomic mass is 16.5. The average molecular weight is 494 g/mol. The summed E-state index contributed by atoms with van der Waals surface area (Å²) < 4.78 is 5.25. The number of hydrogen-bond donors (Lipinski definition) is 3. The van der Waals surface area contributed by atoms with Gasteiger partial charge in [0.05, 0.1) is 19.3 Å². The first-order valence-corrected chi connectivity index (χ1v) is 11.8. The second-order valence-electron chi connectivity index (χ2n) is 9.12. The highest BCUT2D eigenvalue weighted by Gasteiger charge is 2.50. The molecule has 3 aromatic carbocycles. The molecule has 0 bridgehead atoms. The van der Waals surface area contributed by atoms with E-state index in [0.717, 1.165) is 27.9 Å². The zero-order chi connectivity index (χ0) is 25.6. The number of aromatic nitrogens is 2. The second kappa shape index (κ2) is 8.63. The summed E-state index contributed by atoms with van der Waals surface area (Å²) in [6.07, 6.45) is 1.71. The molecule has 4 aromatic rings. The molecule has 184 valence electrons. The molecule has 2 aliphatic heterocycles. The van der Waals surface area contributed by atoms with Crippen molar-refractivity contribution in [2.24, 2.45) is 0 Å². The molecular formula is C28H23N5O4. The van der Waals surface area contributed by atoms with Gasteiger partial charge in [-0.05, 0) is 46.0 Å². The van der Waals surface area contributed by atoms with E-state index in [2.05, 4.69) is 20.8 Å². The van der Waals surface area contributed by atoms with E-state index in [1.54, 1.807) is 30.3 Å². The molecule has 0 radical (unpaired) electrons. The SMILES string of the molecule is COc1ccc2c(c1)C(=O)N(C[C@@]1(c3ccc(-c4ccc(-c5ccn[nH]5)cc4)cc3)NC(=O)NC1=O)C2. The summed E-state index contributed by atoms with van der Waals surface area (Å²) in [6.45, 7) is 0.336. The van der Waals surface area contributed by atoms with Crippen LogP contribution < -0.4 is 15.4 Å². The van der Waals surface area contributed by atoms with Gasteiger partial charge < -0.3 is 15.0 Å². The number of nitrogens with one attached hydrogen (secondary N) is 3. The zero-order valence-electron chi connectivity index (χ0n) is 19.9. The van der Waals surface area contributed by atoms with Crippen molar-refractivity contribution in [2.75, 3.05) is 13.7 Å². The Hall–Kier alpha value is -4.92. The van der Waals surface area contributed by atoms with E-state index in [4.69, 9.17) is 4.74 Å². The number of fused-ring (bicyclic) bond motifs is 1. The van der Waals surface area contributed by atoms with Crippen LogP contribution in [0.15, 0.2) is 79.0 Å². The molecule has 9 nitrogen and oxygen atoms in total. The molecule has 4 amide bonds. The first-order chi connectivity index (χ1) is 18.0. The number of H-pyrrole nitrogens is 1. The molecule has 1 fully saturated rings. The summed E-state index contributed by atoms with van der Waals surface area (Å²) in [6, 6.07) is 22.2. The van der Waals surface area contributed by atoms with Crippen LogP contribution in [0.5, 0.6) is 5.75 Å². The van der Waals surface area contributed by atoms with Gasteiger partial charge in [0.1, 0.15) is 5.75 Å². The number of benzene rings is 3. The fourth-order valence-electron chi connectivity index (χ4n) is 4.98. The van der Waals surface area contributed by atoms with Crippen molar-refractivity contribution in [3.63, 3.8) is 0 Å². The molecule has 1 atom stereocenters. The largest absolute Gasteiger partial charge is 0.497 e. The number of rotatable bonds is 6. The molecule has 1 aromatic heterocycles. The number of ether oxygens (including phenoxy) is 1. The van der Waals surface area contributed by atoms with Crippen LogP contribution in [0.1, 0.15) is 21.5 Å². The predicted octanol–water partition coefficient (Wildman–Crippen LogP) is 3.44. The Kier molecular flexibility index (Phi) is 5.26. The molecule has 3 N–H and O–H groups in total. The number of carbonyl (C=O) groups excluding carboxylic acids is 3. The van der Waals surface area contributed by atoms with Crippen LogP contribution in [0.3, 0.4) is 0 Å². The van der Waals surface area contributed by atoms with Gasteiger partial charge >= 0.3 is 6.03 Å². The maximum Gasteiger partial charge on any atom is 0.322 e. The first kappa shape index (κ1) is 22.5. The number of amides is 4. The average Bonchev–Trinajstić information content (AvgIpc) is 3.63. The molecule has 6 rings (SSSR count). The molecule has 3 heterocycles. The van der Waals surface area contributed by atoms with E-state index in [9.17, 15) is 14.4 Å². The number of hydrogen-bond acceptors (Lipinski definition) is 5. The van der Waals surface area contributed by atoms with Gasteiger partial charge in [-0.25, -0.2) is 4.79 Å². The number of urea groups is 1. The van der Waals surface area contributed by atoms with Gasteiger partial charge in [-0.15, -0.1) is 0 Å². The Bertz CT molecular complexity index is 1510. The van der Waals surface area contributed by atoms with Crippen molar-refractivity contribution < 1.29 is 19.1 Å². The highest BCUT2D eigenvalue weighted by molar-refractivity contribution is 6.08. The van der Waals surface area contributed by atoms with Crippen molar-refractivity contribution in [1.29, 1.82) is 0 Å². The Morgan fingerprint density at radius 2 is 1.62 bits per heavy atom. The third kappa shape index (κ3) is 3.81. The van der Waals surface area contributed by atoms with E-state index < -0.39 is 17.5 Å². The molecule has 2 aliphatic rings. The van der Waals surface area contributed by atoms with E-state index in [0.29, 0.717) is 23.4 Å². The van der Waals surface area contributed by atoms with Crippen LogP contribution in [0.2, 0.25) is 0 Å². The minimum atomic E-state index is -1.40. The Balaban J connectivity index is 1.28.